The topological polar surface area (TPSA) is 138 Å². The number of hydrogen-bond acceptors (Lipinski definition) is 10. The molecule has 236 valence electrons. The van der Waals surface area contributed by atoms with E-state index in [-0.39, 0.29) is 23.7 Å². The number of fused-ring (bicyclic) bond motifs is 3. The van der Waals surface area contributed by atoms with Crippen LogP contribution in [-0.2, 0) is 30.8 Å². The molecule has 12 nitrogen and oxygen atoms in total. The standard InChI is InChI=1S/C32H44N8O4/c1-31(2,15-41-6)19-8-9-21-22(13-19)38-24(37-21)10-7-18-11-20(12-18)39(5)14-23-26-27(44-32(3,4)43-26)30(42-23)40-17-36-25-28(33)34-16-35-29(25)40/h8-9,13,16-18,20,23,26-27,30H,7,10-12,14-15H2,1-6H3,(H,37,38)(H2,33,34,35)/t18?,20?,23?,26-,27-,30-/m1/s1. The molecule has 0 radical (unpaired) electrons. The molecule has 1 saturated carbocycles. The van der Waals surface area contributed by atoms with Gasteiger partial charge in [-0.15, -0.1) is 0 Å². The van der Waals surface area contributed by atoms with Gasteiger partial charge in [-0.3, -0.25) is 4.57 Å². The Morgan fingerprint density at radius 2 is 1.95 bits per heavy atom. The maximum Gasteiger partial charge on any atom is 0.167 e. The molecule has 12 heteroatoms. The van der Waals surface area contributed by atoms with Crippen LogP contribution in [0.15, 0.2) is 30.9 Å². The Balaban J connectivity index is 0.954. The van der Waals surface area contributed by atoms with Gasteiger partial charge in [0.1, 0.15) is 36.0 Å². The number of aromatic nitrogens is 6. The predicted octanol–water partition coefficient (Wildman–Crippen LogP) is 3.97. The molecule has 3 aliphatic rings. The summed E-state index contributed by atoms with van der Waals surface area (Å²) in [5.41, 5.74) is 10.6. The van der Waals surface area contributed by atoms with E-state index in [0.717, 1.165) is 36.2 Å². The number of likely N-dealkylation sites (N-methyl/N-ethyl adjacent to an activating group) is 1. The number of nitrogens with zero attached hydrogens (tertiary/aromatic N) is 6. The number of imidazole rings is 2. The molecule has 1 unspecified atom stereocenters. The Morgan fingerprint density at radius 1 is 1.16 bits per heavy atom. The van der Waals surface area contributed by atoms with Gasteiger partial charge >= 0.3 is 0 Å². The highest BCUT2D eigenvalue weighted by Crippen LogP contribution is 2.45. The van der Waals surface area contributed by atoms with Crippen molar-refractivity contribution in [2.24, 2.45) is 5.92 Å². The number of nitrogens with one attached hydrogen (secondary N) is 1. The summed E-state index contributed by atoms with van der Waals surface area (Å²) in [5, 5.41) is 0. The number of anilines is 1. The van der Waals surface area contributed by atoms with Crippen LogP contribution in [0.1, 0.15) is 64.6 Å². The number of aryl methyl sites for hydroxylation is 1. The third kappa shape index (κ3) is 5.36. The molecule has 5 heterocycles. The third-order valence-electron chi connectivity index (χ3n) is 9.70. The van der Waals surface area contributed by atoms with Gasteiger partial charge in [0.2, 0.25) is 0 Å². The van der Waals surface area contributed by atoms with Crippen LogP contribution >= 0.6 is 0 Å². The Kier molecular flexibility index (Phi) is 7.40. The monoisotopic (exact) mass is 604 g/mol. The number of rotatable bonds is 10. The van der Waals surface area contributed by atoms with Crippen molar-refractivity contribution >= 4 is 28.0 Å². The molecular formula is C32H44N8O4. The van der Waals surface area contributed by atoms with Crippen molar-refractivity contribution in [3.63, 3.8) is 0 Å². The lowest BCUT2D eigenvalue weighted by atomic mass is 9.76. The number of aromatic amines is 1. The maximum absolute atomic E-state index is 6.62. The average molecular weight is 605 g/mol. The fourth-order valence-corrected chi connectivity index (χ4v) is 7.20. The van der Waals surface area contributed by atoms with E-state index in [2.05, 4.69) is 63.9 Å². The van der Waals surface area contributed by atoms with Crippen molar-refractivity contribution in [3.8, 4) is 0 Å². The molecular weight excluding hydrogens is 560 g/mol. The Morgan fingerprint density at radius 3 is 2.75 bits per heavy atom. The Labute approximate surface area is 257 Å². The van der Waals surface area contributed by atoms with E-state index in [9.17, 15) is 0 Å². The molecule has 4 aromatic rings. The van der Waals surface area contributed by atoms with Gasteiger partial charge in [-0.1, -0.05) is 19.9 Å². The van der Waals surface area contributed by atoms with Crippen LogP contribution in [0.4, 0.5) is 5.82 Å². The summed E-state index contributed by atoms with van der Waals surface area (Å²) < 4.78 is 26.7. The van der Waals surface area contributed by atoms with Gasteiger partial charge in [-0.2, -0.15) is 0 Å². The molecule has 3 fully saturated rings. The summed E-state index contributed by atoms with van der Waals surface area (Å²) in [6.45, 7) is 9.75. The second-order valence-corrected chi connectivity index (χ2v) is 13.9. The Hall–Kier alpha value is -3.16. The van der Waals surface area contributed by atoms with E-state index < -0.39 is 12.0 Å². The lowest BCUT2D eigenvalue weighted by Crippen LogP contribution is -2.48. The number of H-pyrrole nitrogens is 1. The third-order valence-corrected chi connectivity index (χ3v) is 9.70. The van der Waals surface area contributed by atoms with Crippen molar-refractivity contribution in [3.05, 3.63) is 42.2 Å². The van der Waals surface area contributed by atoms with E-state index in [1.807, 2.05) is 18.4 Å². The first-order valence-corrected chi connectivity index (χ1v) is 15.6. The lowest BCUT2D eigenvalue weighted by molar-refractivity contribution is -0.198. The molecule has 7 rings (SSSR count). The minimum Gasteiger partial charge on any atom is -0.384 e. The smallest absolute Gasteiger partial charge is 0.167 e. The number of nitrogens with two attached hydrogens (primary N) is 1. The number of ether oxygens (including phenoxy) is 4. The molecule has 44 heavy (non-hydrogen) atoms. The zero-order chi connectivity index (χ0) is 30.8. The first kappa shape index (κ1) is 29.5. The van der Waals surface area contributed by atoms with Gasteiger partial charge in [0.25, 0.3) is 0 Å². The van der Waals surface area contributed by atoms with E-state index in [1.54, 1.807) is 13.4 Å². The molecule has 3 aromatic heterocycles. The van der Waals surface area contributed by atoms with Gasteiger partial charge < -0.3 is 34.6 Å². The lowest BCUT2D eigenvalue weighted by Gasteiger charge is -2.42. The number of methoxy groups -OCH3 is 1. The summed E-state index contributed by atoms with van der Waals surface area (Å²) in [7, 11) is 3.94. The quantitative estimate of drug-likeness (QED) is 0.273. The highest BCUT2D eigenvalue weighted by Gasteiger charge is 2.56. The average Bonchev–Trinajstić information content (AvgIpc) is 3.69. The molecule has 1 aromatic carbocycles. The molecule has 1 aliphatic carbocycles. The van der Waals surface area contributed by atoms with Gasteiger partial charge in [0.05, 0.1) is 24.0 Å². The van der Waals surface area contributed by atoms with Crippen LogP contribution in [0, 0.1) is 5.92 Å². The molecule has 2 aliphatic heterocycles. The van der Waals surface area contributed by atoms with Crippen LogP contribution in [0.5, 0.6) is 0 Å². The molecule has 2 saturated heterocycles. The SMILES string of the molecule is COCC(C)(C)c1ccc2nc(CCC3CC(N(C)CC4O[C@@H](n5cnc6c(N)ncnc65)[C@@H]5OC(C)(C)O[C@H]45)C3)[nH]c2c1. The van der Waals surface area contributed by atoms with Gasteiger partial charge in [0, 0.05) is 31.5 Å². The molecule has 4 atom stereocenters. The van der Waals surface area contributed by atoms with Crippen LogP contribution in [-0.4, -0.2) is 91.8 Å². The fourth-order valence-electron chi connectivity index (χ4n) is 7.20. The van der Waals surface area contributed by atoms with Gasteiger partial charge in [0.15, 0.2) is 23.5 Å². The second-order valence-electron chi connectivity index (χ2n) is 13.9. The normalized spacial score (nSPS) is 28.2. The van der Waals surface area contributed by atoms with E-state index in [4.69, 9.17) is 29.7 Å². The van der Waals surface area contributed by atoms with E-state index in [1.165, 1.54) is 24.7 Å². The van der Waals surface area contributed by atoms with Crippen molar-refractivity contribution in [1.29, 1.82) is 0 Å². The minimum absolute atomic E-state index is 0.0446. The maximum atomic E-state index is 6.62. The van der Waals surface area contributed by atoms with Crippen LogP contribution in [0.25, 0.3) is 22.2 Å². The van der Waals surface area contributed by atoms with Crippen molar-refractivity contribution in [1.82, 2.24) is 34.4 Å². The van der Waals surface area contributed by atoms with Gasteiger partial charge in [-0.05, 0) is 63.8 Å². The van der Waals surface area contributed by atoms with Crippen molar-refractivity contribution in [2.75, 3.05) is 33.0 Å². The summed E-state index contributed by atoms with van der Waals surface area (Å²) in [6.07, 6.45) is 6.53. The highest BCUT2D eigenvalue weighted by molar-refractivity contribution is 5.81. The van der Waals surface area contributed by atoms with Crippen molar-refractivity contribution < 1.29 is 18.9 Å². The predicted molar refractivity (Wildman–Crippen MR) is 166 cm³/mol. The molecule has 3 N–H and O–H groups in total. The number of benzene rings is 1. The molecule has 0 amide bonds. The minimum atomic E-state index is -0.696. The Bertz CT molecular complexity index is 1640. The molecule has 0 bridgehead atoms. The van der Waals surface area contributed by atoms with E-state index >= 15 is 0 Å². The summed E-state index contributed by atoms with van der Waals surface area (Å²) in [4.78, 5) is 23.8. The van der Waals surface area contributed by atoms with Crippen molar-refractivity contribution in [2.45, 2.75) is 95.2 Å². The van der Waals surface area contributed by atoms with Crippen LogP contribution in [0.3, 0.4) is 0 Å². The van der Waals surface area contributed by atoms with Gasteiger partial charge in [-0.25, -0.2) is 19.9 Å². The van der Waals surface area contributed by atoms with E-state index in [0.29, 0.717) is 35.5 Å². The summed E-state index contributed by atoms with van der Waals surface area (Å²) in [5.74, 6) is 1.40. The first-order chi connectivity index (χ1) is 21.0. The zero-order valence-electron chi connectivity index (χ0n) is 26.5. The highest BCUT2D eigenvalue weighted by atomic mass is 16.8. The largest absolute Gasteiger partial charge is 0.384 e. The molecule has 0 spiro atoms. The van der Waals surface area contributed by atoms with Crippen LogP contribution in [0.2, 0.25) is 0 Å². The number of hydrogen-bond donors (Lipinski definition) is 2. The first-order valence-electron chi connectivity index (χ1n) is 15.6. The van der Waals surface area contributed by atoms with Crippen LogP contribution < -0.4 is 5.73 Å². The fraction of sp³-hybridized carbons (Fsp3) is 0.625. The number of nitrogen functional groups attached to an aromatic ring is 1. The summed E-state index contributed by atoms with van der Waals surface area (Å²) >= 11 is 0. The second kappa shape index (κ2) is 11.0. The zero-order valence-corrected chi connectivity index (χ0v) is 26.5. The summed E-state index contributed by atoms with van der Waals surface area (Å²) in [6, 6.07) is 7.02.